The van der Waals surface area contributed by atoms with Crippen LogP contribution in [0.5, 0.6) is 0 Å². The molecule has 2 aromatic heterocycles. The van der Waals surface area contributed by atoms with Crippen LogP contribution >= 0.6 is 0 Å². The fourth-order valence-electron chi connectivity index (χ4n) is 1.99. The Morgan fingerprint density at radius 1 is 1.38 bits per heavy atom. The van der Waals surface area contributed by atoms with Crippen LogP contribution in [0.4, 0.5) is 0 Å². The van der Waals surface area contributed by atoms with Crippen molar-refractivity contribution in [2.75, 3.05) is 13.1 Å². The number of rotatable bonds is 4. The molecule has 1 aliphatic heterocycles. The molecule has 11 heteroatoms. The molecule has 3 heterocycles. The van der Waals surface area contributed by atoms with Gasteiger partial charge in [-0.05, 0) is 0 Å². The molecule has 21 heavy (non-hydrogen) atoms. The van der Waals surface area contributed by atoms with Crippen molar-refractivity contribution >= 4 is 16.0 Å². The molecule has 1 saturated heterocycles. The predicted molar refractivity (Wildman–Crippen MR) is 68.0 cm³/mol. The molecule has 0 saturated carbocycles. The highest BCUT2D eigenvalue weighted by Crippen LogP contribution is 2.26. The first kappa shape index (κ1) is 13.7. The molecule has 0 unspecified atom stereocenters. The summed E-state index contributed by atoms with van der Waals surface area (Å²) in [5, 5.41) is 16.0. The summed E-state index contributed by atoms with van der Waals surface area (Å²) in [4.78, 5) is 14.6. The fourth-order valence-corrected chi connectivity index (χ4v) is 3.47. The topological polar surface area (TPSA) is 123 Å². The molecule has 1 N–H and O–H groups in total. The largest absolute Gasteiger partial charge is 0.476 e. The summed E-state index contributed by atoms with van der Waals surface area (Å²) in [6.45, 7) is 0.419. The number of carboxylic acids is 1. The maximum absolute atomic E-state index is 12.2. The third-order valence-electron chi connectivity index (χ3n) is 3.22. The van der Waals surface area contributed by atoms with E-state index in [0.29, 0.717) is 0 Å². The van der Waals surface area contributed by atoms with E-state index in [9.17, 15) is 13.2 Å². The van der Waals surface area contributed by atoms with Gasteiger partial charge in [-0.2, -0.15) is 4.31 Å². The average molecular weight is 312 g/mol. The number of imidazole rings is 1. The average Bonchev–Trinajstić information content (AvgIpc) is 2.96. The van der Waals surface area contributed by atoms with Gasteiger partial charge in [0, 0.05) is 26.3 Å². The summed E-state index contributed by atoms with van der Waals surface area (Å²) in [6.07, 6.45) is 4.14. The summed E-state index contributed by atoms with van der Waals surface area (Å²) in [7, 11) is -1.92. The Morgan fingerprint density at radius 2 is 2.10 bits per heavy atom. The van der Waals surface area contributed by atoms with E-state index in [0.717, 1.165) is 0 Å². The van der Waals surface area contributed by atoms with Gasteiger partial charge in [-0.15, -0.1) is 5.10 Å². The van der Waals surface area contributed by atoms with E-state index in [2.05, 4.69) is 15.3 Å². The molecule has 0 aliphatic carbocycles. The number of hydrogen-bond donors (Lipinski definition) is 1. The first-order valence-corrected chi connectivity index (χ1v) is 7.45. The zero-order valence-electron chi connectivity index (χ0n) is 11.0. The molecule has 112 valence electrons. The lowest BCUT2D eigenvalue weighted by Gasteiger charge is -2.36. The minimum Gasteiger partial charge on any atom is -0.476 e. The van der Waals surface area contributed by atoms with E-state index in [1.54, 1.807) is 11.6 Å². The highest BCUT2D eigenvalue weighted by atomic mass is 32.2. The number of carbonyl (C=O) groups is 1. The third-order valence-corrected chi connectivity index (χ3v) is 4.94. The molecule has 0 spiro atoms. The Labute approximate surface area is 119 Å². The maximum Gasteiger partial charge on any atom is 0.358 e. The molecule has 3 rings (SSSR count). The van der Waals surface area contributed by atoms with Crippen molar-refractivity contribution in [2.45, 2.75) is 11.1 Å². The van der Waals surface area contributed by atoms with Crippen LogP contribution in [0.15, 0.2) is 23.7 Å². The summed E-state index contributed by atoms with van der Waals surface area (Å²) in [5.74, 6) is -1.17. The zero-order valence-corrected chi connectivity index (χ0v) is 11.8. The van der Waals surface area contributed by atoms with Crippen LogP contribution in [-0.4, -0.2) is 61.4 Å². The minimum absolute atomic E-state index is 0.00624. The molecule has 2 aromatic rings. The van der Waals surface area contributed by atoms with E-state index in [1.807, 2.05) is 0 Å². The molecule has 0 aromatic carbocycles. The van der Waals surface area contributed by atoms with Crippen LogP contribution in [0.25, 0.3) is 0 Å². The number of carboxylic acid groups (broad SMARTS) is 1. The van der Waals surface area contributed by atoms with Gasteiger partial charge >= 0.3 is 5.97 Å². The normalized spacial score (nSPS) is 16.8. The number of sulfonamides is 1. The van der Waals surface area contributed by atoms with E-state index < -0.39 is 16.0 Å². The second-order valence-electron chi connectivity index (χ2n) is 4.74. The van der Waals surface area contributed by atoms with Gasteiger partial charge in [0.15, 0.2) is 10.7 Å². The molecular formula is C10H12N6O4S. The monoisotopic (exact) mass is 312 g/mol. The molecule has 1 fully saturated rings. The predicted octanol–water partition coefficient (Wildman–Crippen LogP) is -1.04. The molecule has 0 amide bonds. The van der Waals surface area contributed by atoms with Crippen molar-refractivity contribution in [2.24, 2.45) is 7.05 Å². The Hall–Kier alpha value is -2.27. The van der Waals surface area contributed by atoms with Crippen molar-refractivity contribution in [3.05, 3.63) is 24.4 Å². The molecule has 0 bridgehead atoms. The molecule has 10 nitrogen and oxygen atoms in total. The van der Waals surface area contributed by atoms with Gasteiger partial charge < -0.3 is 9.67 Å². The lowest BCUT2D eigenvalue weighted by atomic mass is 10.2. The quantitative estimate of drug-likeness (QED) is 0.764. The van der Waals surface area contributed by atoms with Gasteiger partial charge in [-0.3, -0.25) is 0 Å². The van der Waals surface area contributed by atoms with Gasteiger partial charge in [-0.1, -0.05) is 5.21 Å². The summed E-state index contributed by atoms with van der Waals surface area (Å²) in [6, 6.07) is -0.218. The van der Waals surface area contributed by atoms with E-state index in [-0.39, 0.29) is 29.9 Å². The van der Waals surface area contributed by atoms with Gasteiger partial charge in [0.1, 0.15) is 0 Å². The first-order chi connectivity index (χ1) is 9.88. The lowest BCUT2D eigenvalue weighted by Crippen LogP contribution is -2.50. The number of aryl methyl sites for hydroxylation is 1. The van der Waals surface area contributed by atoms with Crippen LogP contribution in [-0.2, 0) is 17.1 Å². The van der Waals surface area contributed by atoms with Gasteiger partial charge in [0.2, 0.25) is 0 Å². The number of aromatic carboxylic acids is 1. The van der Waals surface area contributed by atoms with Crippen molar-refractivity contribution in [3.63, 3.8) is 0 Å². The number of aromatic nitrogens is 5. The number of hydrogen-bond acceptors (Lipinski definition) is 6. The van der Waals surface area contributed by atoms with Crippen molar-refractivity contribution in [1.82, 2.24) is 28.9 Å². The number of nitrogens with zero attached hydrogens (tertiary/aromatic N) is 6. The van der Waals surface area contributed by atoms with Crippen molar-refractivity contribution in [1.29, 1.82) is 0 Å². The summed E-state index contributed by atoms with van der Waals surface area (Å²) >= 11 is 0. The first-order valence-electron chi connectivity index (χ1n) is 6.01. The molecule has 0 atom stereocenters. The van der Waals surface area contributed by atoms with Crippen LogP contribution in [0, 0.1) is 0 Å². The SMILES string of the molecule is Cn1cnc(S(=O)(=O)N2CC(n3cc(C(=O)O)nn3)C2)c1. The van der Waals surface area contributed by atoms with Gasteiger partial charge in [-0.25, -0.2) is 22.9 Å². The maximum atomic E-state index is 12.2. The van der Waals surface area contributed by atoms with Crippen LogP contribution in [0.2, 0.25) is 0 Å². The minimum atomic E-state index is -3.61. The smallest absolute Gasteiger partial charge is 0.358 e. The Kier molecular flexibility index (Phi) is 3.02. The van der Waals surface area contributed by atoms with Crippen molar-refractivity contribution < 1.29 is 18.3 Å². The summed E-state index contributed by atoms with van der Waals surface area (Å²) in [5.41, 5.74) is -0.166. The van der Waals surface area contributed by atoms with Gasteiger partial charge in [0.25, 0.3) is 10.0 Å². The third kappa shape index (κ3) is 2.29. The van der Waals surface area contributed by atoms with E-state index in [1.165, 1.54) is 27.7 Å². The fraction of sp³-hybridized carbons (Fsp3) is 0.400. The molecular weight excluding hydrogens is 300 g/mol. The van der Waals surface area contributed by atoms with E-state index in [4.69, 9.17) is 5.11 Å². The second-order valence-corrected chi connectivity index (χ2v) is 6.63. The zero-order chi connectivity index (χ0) is 15.2. The molecule has 1 aliphatic rings. The molecule has 0 radical (unpaired) electrons. The van der Waals surface area contributed by atoms with Crippen LogP contribution in [0.1, 0.15) is 16.5 Å². The van der Waals surface area contributed by atoms with Crippen LogP contribution in [0.3, 0.4) is 0 Å². The second kappa shape index (κ2) is 4.63. The highest BCUT2D eigenvalue weighted by molar-refractivity contribution is 7.89. The summed E-state index contributed by atoms with van der Waals surface area (Å²) < 4.78 is 28.6. The highest BCUT2D eigenvalue weighted by Gasteiger charge is 2.39. The van der Waals surface area contributed by atoms with Gasteiger partial charge in [0.05, 0.1) is 18.6 Å². The van der Waals surface area contributed by atoms with Crippen LogP contribution < -0.4 is 0 Å². The standard InChI is InChI=1S/C10H12N6O4S/c1-14-5-9(11-6-14)21(19,20)15-2-7(3-15)16-4-8(10(17)18)12-13-16/h4-7H,2-3H2,1H3,(H,17,18). The Bertz CT molecular complexity index is 788. The Morgan fingerprint density at radius 3 is 2.62 bits per heavy atom. The Balaban J connectivity index is 1.71. The van der Waals surface area contributed by atoms with Crippen molar-refractivity contribution in [3.8, 4) is 0 Å². The lowest BCUT2D eigenvalue weighted by molar-refractivity contribution is 0.0690. The van der Waals surface area contributed by atoms with E-state index >= 15 is 0 Å².